The van der Waals surface area contributed by atoms with Crippen LogP contribution < -0.4 is 25.0 Å². The first-order valence-corrected chi connectivity index (χ1v) is 10.4. The molecule has 3 aromatic rings. The molecule has 0 radical (unpaired) electrons. The van der Waals surface area contributed by atoms with E-state index in [1.54, 1.807) is 67.7 Å². The minimum absolute atomic E-state index is 0.222. The van der Waals surface area contributed by atoms with E-state index in [-0.39, 0.29) is 11.3 Å². The molecule has 2 N–H and O–H groups in total. The highest BCUT2D eigenvalue weighted by atomic mass is 19.1. The summed E-state index contributed by atoms with van der Waals surface area (Å²) in [7, 11) is 4.52. The van der Waals surface area contributed by atoms with Gasteiger partial charge in [0.1, 0.15) is 5.82 Å². The molecule has 4 rings (SSSR count). The normalized spacial score (nSPS) is 15.1. The number of para-hydroxylation sites is 2. The largest absolute Gasteiger partial charge is 0.493 e. The van der Waals surface area contributed by atoms with Crippen LogP contribution in [0, 0.1) is 5.82 Å². The monoisotopic (exact) mass is 462 g/mol. The van der Waals surface area contributed by atoms with Crippen molar-refractivity contribution in [1.82, 2.24) is 5.32 Å². The Hall–Kier alpha value is -4.40. The quantitative estimate of drug-likeness (QED) is 0.603. The van der Waals surface area contributed by atoms with Crippen LogP contribution in [0.2, 0.25) is 0 Å². The maximum Gasteiger partial charge on any atom is 0.321 e. The van der Waals surface area contributed by atoms with E-state index in [4.69, 9.17) is 9.47 Å². The fourth-order valence-corrected chi connectivity index (χ4v) is 3.75. The highest BCUT2D eigenvalue weighted by Gasteiger charge is 2.31. The number of likely N-dealkylation sites (N-methyl/N-ethyl adjacent to an activating group) is 1. The molecule has 1 aliphatic rings. The van der Waals surface area contributed by atoms with E-state index in [1.807, 2.05) is 0 Å². The number of nitrogens with zero attached hydrogens (tertiary/aromatic N) is 2. The van der Waals surface area contributed by atoms with E-state index in [1.165, 1.54) is 25.2 Å². The first-order valence-electron chi connectivity index (χ1n) is 10.4. The van der Waals surface area contributed by atoms with Crippen LogP contribution >= 0.6 is 0 Å². The Bertz CT molecular complexity index is 1280. The highest BCUT2D eigenvalue weighted by Crippen LogP contribution is 2.34. The molecule has 34 heavy (non-hydrogen) atoms. The molecule has 0 fully saturated rings. The molecular weight excluding hydrogens is 439 g/mol. The maximum absolute atomic E-state index is 14.7. The second-order valence-electron chi connectivity index (χ2n) is 7.41. The van der Waals surface area contributed by atoms with Crippen molar-refractivity contribution >= 4 is 29.0 Å². The molecule has 9 heteroatoms. The van der Waals surface area contributed by atoms with Gasteiger partial charge in [0, 0.05) is 18.2 Å². The van der Waals surface area contributed by atoms with E-state index in [9.17, 15) is 14.0 Å². The van der Waals surface area contributed by atoms with Crippen molar-refractivity contribution < 1.29 is 23.5 Å². The van der Waals surface area contributed by atoms with Crippen LogP contribution in [0.25, 0.3) is 0 Å². The van der Waals surface area contributed by atoms with Crippen LogP contribution in [0.4, 0.5) is 20.6 Å². The predicted molar refractivity (Wildman–Crippen MR) is 127 cm³/mol. The summed E-state index contributed by atoms with van der Waals surface area (Å²) in [5.41, 5.74) is 1.95. The second-order valence-corrected chi connectivity index (χ2v) is 7.41. The lowest BCUT2D eigenvalue weighted by molar-refractivity contribution is -0.119. The Morgan fingerprint density at radius 3 is 2.38 bits per heavy atom. The van der Waals surface area contributed by atoms with E-state index in [2.05, 4.69) is 15.6 Å². The third-order valence-corrected chi connectivity index (χ3v) is 5.39. The van der Waals surface area contributed by atoms with Crippen molar-refractivity contribution in [3.8, 4) is 11.5 Å². The molecule has 1 heterocycles. The molecule has 174 valence electrons. The molecule has 3 aromatic carbocycles. The minimum Gasteiger partial charge on any atom is -0.493 e. The molecule has 0 saturated carbocycles. The van der Waals surface area contributed by atoms with Gasteiger partial charge < -0.3 is 25.0 Å². The Balaban J connectivity index is 1.71. The van der Waals surface area contributed by atoms with Gasteiger partial charge in [0.25, 0.3) is 5.91 Å². The third-order valence-electron chi connectivity index (χ3n) is 5.39. The zero-order valence-electron chi connectivity index (χ0n) is 18.8. The number of carbonyl (C=O) groups is 2. The number of halogens is 1. The van der Waals surface area contributed by atoms with Crippen molar-refractivity contribution in [2.75, 3.05) is 31.5 Å². The van der Waals surface area contributed by atoms with Crippen molar-refractivity contribution in [2.45, 2.75) is 6.17 Å². The number of rotatable bonds is 5. The number of amides is 3. The Kier molecular flexibility index (Phi) is 6.44. The molecule has 1 unspecified atom stereocenters. The Morgan fingerprint density at radius 1 is 0.971 bits per heavy atom. The summed E-state index contributed by atoms with van der Waals surface area (Å²) >= 11 is 0. The summed E-state index contributed by atoms with van der Waals surface area (Å²) in [5, 5.41) is 5.24. The Morgan fingerprint density at radius 2 is 1.68 bits per heavy atom. The van der Waals surface area contributed by atoms with Crippen LogP contribution in [0.3, 0.4) is 0 Å². The molecule has 8 nitrogen and oxygen atoms in total. The summed E-state index contributed by atoms with van der Waals surface area (Å²) in [5.74, 6) is -0.211. The number of fused-ring (bicyclic) bond motifs is 1. The fourth-order valence-electron chi connectivity index (χ4n) is 3.75. The van der Waals surface area contributed by atoms with Gasteiger partial charge in [-0.3, -0.25) is 4.79 Å². The van der Waals surface area contributed by atoms with Gasteiger partial charge in [-0.05, 0) is 30.3 Å². The van der Waals surface area contributed by atoms with Crippen molar-refractivity contribution in [3.63, 3.8) is 0 Å². The van der Waals surface area contributed by atoms with Crippen LogP contribution in [-0.2, 0) is 4.79 Å². The van der Waals surface area contributed by atoms with Gasteiger partial charge >= 0.3 is 6.03 Å². The molecule has 0 saturated heterocycles. The standard InChI is InChI=1S/C25H23FN4O4/c1-30-19-13-7-5-10-16(19)21(15-9-4-6-11-17(15)26)28-23(24(30)31)29-25(32)27-18-12-8-14-20(33-2)22(18)34-3/h4-14,23H,1-3H3,(H2,27,29,32). The number of aliphatic imine (C=N–C) groups is 1. The SMILES string of the molecule is COc1cccc(NC(=O)NC2N=C(c3ccccc3F)c3ccccc3N(C)C2=O)c1OC. The second kappa shape index (κ2) is 9.62. The van der Waals surface area contributed by atoms with Crippen molar-refractivity contribution in [2.24, 2.45) is 4.99 Å². The molecule has 0 spiro atoms. The number of hydrogen-bond acceptors (Lipinski definition) is 5. The van der Waals surface area contributed by atoms with Crippen LogP contribution in [0.15, 0.2) is 71.7 Å². The predicted octanol–water partition coefficient (Wildman–Crippen LogP) is 3.80. The lowest BCUT2D eigenvalue weighted by Gasteiger charge is -2.21. The average molecular weight is 462 g/mol. The van der Waals surface area contributed by atoms with Gasteiger partial charge in [0.15, 0.2) is 11.5 Å². The number of methoxy groups -OCH3 is 2. The van der Waals surface area contributed by atoms with Gasteiger partial charge in [-0.25, -0.2) is 14.2 Å². The summed E-state index contributed by atoms with van der Waals surface area (Å²) in [6.07, 6.45) is -1.30. The van der Waals surface area contributed by atoms with E-state index in [0.717, 1.165) is 0 Å². The zero-order chi connectivity index (χ0) is 24.2. The van der Waals surface area contributed by atoms with Gasteiger partial charge in [-0.2, -0.15) is 0 Å². The van der Waals surface area contributed by atoms with Gasteiger partial charge in [0.2, 0.25) is 6.17 Å². The van der Waals surface area contributed by atoms with E-state index >= 15 is 0 Å². The average Bonchev–Trinajstić information content (AvgIpc) is 2.95. The molecule has 1 atom stereocenters. The third kappa shape index (κ3) is 4.27. The smallest absolute Gasteiger partial charge is 0.321 e. The minimum atomic E-state index is -1.30. The van der Waals surface area contributed by atoms with Crippen LogP contribution in [0.1, 0.15) is 11.1 Å². The fraction of sp³-hybridized carbons (Fsp3) is 0.160. The number of hydrogen-bond donors (Lipinski definition) is 2. The van der Waals surface area contributed by atoms with Gasteiger partial charge in [-0.1, -0.05) is 36.4 Å². The zero-order valence-corrected chi connectivity index (χ0v) is 18.8. The molecule has 1 aliphatic heterocycles. The summed E-state index contributed by atoms with van der Waals surface area (Å²) in [6, 6.07) is 17.5. The van der Waals surface area contributed by atoms with E-state index < -0.39 is 23.9 Å². The lowest BCUT2D eigenvalue weighted by Crippen LogP contribution is -2.47. The molecular formula is C25H23FN4O4. The number of benzodiazepines with no additional fused rings is 1. The summed E-state index contributed by atoms with van der Waals surface area (Å²) < 4.78 is 25.3. The van der Waals surface area contributed by atoms with Gasteiger partial charge in [-0.15, -0.1) is 0 Å². The van der Waals surface area contributed by atoms with Crippen LogP contribution in [-0.4, -0.2) is 45.1 Å². The number of anilines is 2. The van der Waals surface area contributed by atoms with Gasteiger partial charge in [0.05, 0.1) is 31.3 Å². The van der Waals surface area contributed by atoms with Crippen molar-refractivity contribution in [3.05, 3.63) is 83.7 Å². The topological polar surface area (TPSA) is 92.3 Å². The van der Waals surface area contributed by atoms with E-state index in [0.29, 0.717) is 28.4 Å². The number of nitrogens with one attached hydrogen (secondary N) is 2. The first kappa shape index (κ1) is 22.8. The Labute approximate surface area is 196 Å². The maximum atomic E-state index is 14.7. The summed E-state index contributed by atoms with van der Waals surface area (Å²) in [6.45, 7) is 0. The molecule has 0 bridgehead atoms. The highest BCUT2D eigenvalue weighted by molar-refractivity contribution is 6.20. The lowest BCUT2D eigenvalue weighted by atomic mass is 10.00. The molecule has 0 aliphatic carbocycles. The molecule has 3 amide bonds. The van der Waals surface area contributed by atoms with Crippen molar-refractivity contribution in [1.29, 1.82) is 0 Å². The first-order chi connectivity index (χ1) is 16.4. The summed E-state index contributed by atoms with van der Waals surface area (Å²) in [4.78, 5) is 32.0. The van der Waals surface area contributed by atoms with Crippen LogP contribution in [0.5, 0.6) is 11.5 Å². The number of benzene rings is 3. The number of ether oxygens (including phenoxy) is 2. The number of carbonyl (C=O) groups excluding carboxylic acids is 2. The molecule has 0 aromatic heterocycles. The number of urea groups is 1.